The zero-order valence-corrected chi connectivity index (χ0v) is 11.9. The highest BCUT2D eigenvalue weighted by Gasteiger charge is 2.20. The first-order chi connectivity index (χ1) is 9.12. The van der Waals surface area contributed by atoms with Crippen LogP contribution in [0.3, 0.4) is 0 Å². The molecule has 0 aliphatic rings. The van der Waals surface area contributed by atoms with Crippen LogP contribution in [0.2, 0.25) is 0 Å². The summed E-state index contributed by atoms with van der Waals surface area (Å²) in [4.78, 5) is 13.0. The van der Waals surface area contributed by atoms with Crippen LogP contribution in [0.15, 0.2) is 24.3 Å². The largest absolute Gasteiger partial charge is 0.497 e. The van der Waals surface area contributed by atoms with Gasteiger partial charge in [0, 0.05) is 6.04 Å². The second-order valence-electron chi connectivity index (χ2n) is 4.56. The molecule has 4 heteroatoms. The van der Waals surface area contributed by atoms with E-state index < -0.39 is 5.97 Å². The van der Waals surface area contributed by atoms with Gasteiger partial charge in [0.2, 0.25) is 0 Å². The van der Waals surface area contributed by atoms with Crippen molar-refractivity contribution in [3.8, 4) is 5.75 Å². The molecule has 1 N–H and O–H groups in total. The van der Waals surface area contributed by atoms with Crippen LogP contribution in [0.5, 0.6) is 5.75 Å². The third-order valence-electron chi connectivity index (χ3n) is 3.18. The van der Waals surface area contributed by atoms with Gasteiger partial charge in [-0.1, -0.05) is 26.0 Å². The van der Waals surface area contributed by atoms with Gasteiger partial charge in [0.1, 0.15) is 5.75 Å². The maximum absolute atomic E-state index is 11.0. The lowest BCUT2D eigenvalue weighted by Crippen LogP contribution is -2.34. The van der Waals surface area contributed by atoms with Crippen LogP contribution < -0.4 is 4.74 Å². The average Bonchev–Trinajstić information content (AvgIpc) is 2.40. The summed E-state index contributed by atoms with van der Waals surface area (Å²) >= 11 is 0. The molecule has 1 rings (SSSR count). The highest BCUT2D eigenvalue weighted by Crippen LogP contribution is 2.26. The Hall–Kier alpha value is -1.55. The quantitative estimate of drug-likeness (QED) is 0.785. The van der Waals surface area contributed by atoms with Gasteiger partial charge in [0.15, 0.2) is 0 Å². The Kier molecular flexibility index (Phi) is 6.36. The van der Waals surface area contributed by atoms with Crippen molar-refractivity contribution in [1.29, 1.82) is 0 Å². The number of ether oxygens (including phenoxy) is 1. The molecule has 0 aliphatic carbocycles. The number of carbonyl (C=O) groups is 1. The van der Waals surface area contributed by atoms with E-state index in [2.05, 4.69) is 13.8 Å². The molecule has 4 nitrogen and oxygen atoms in total. The topological polar surface area (TPSA) is 49.8 Å². The number of carboxylic acid groups (broad SMARTS) is 1. The van der Waals surface area contributed by atoms with Crippen LogP contribution in [0.4, 0.5) is 0 Å². The first kappa shape index (κ1) is 15.5. The van der Waals surface area contributed by atoms with Gasteiger partial charge in [-0.25, -0.2) is 0 Å². The Bertz CT molecular complexity index is 389. The highest BCUT2D eigenvalue weighted by atomic mass is 16.5. The zero-order valence-electron chi connectivity index (χ0n) is 11.9. The second kappa shape index (κ2) is 7.79. The summed E-state index contributed by atoms with van der Waals surface area (Å²) in [5.41, 5.74) is 1.14. The molecule has 1 aromatic carbocycles. The predicted octanol–water partition coefficient (Wildman–Crippen LogP) is 2.94. The molecule has 0 fully saturated rings. The number of rotatable bonds is 8. The Labute approximate surface area is 115 Å². The van der Waals surface area contributed by atoms with E-state index in [0.717, 1.165) is 30.7 Å². The van der Waals surface area contributed by atoms with Gasteiger partial charge in [0.05, 0.1) is 13.7 Å². The van der Waals surface area contributed by atoms with Crippen LogP contribution in [0.1, 0.15) is 38.3 Å². The Balaban J connectivity index is 2.90. The molecule has 0 amide bonds. The third kappa shape index (κ3) is 4.56. The number of methoxy groups -OCH3 is 1. The molecule has 0 aromatic heterocycles. The van der Waals surface area contributed by atoms with Crippen molar-refractivity contribution in [2.75, 3.05) is 20.2 Å². The minimum atomic E-state index is -0.777. The number of nitrogens with zero attached hydrogens (tertiary/aromatic N) is 1. The summed E-state index contributed by atoms with van der Waals surface area (Å²) in [6.07, 6.45) is 1.83. The summed E-state index contributed by atoms with van der Waals surface area (Å²) in [6, 6.07) is 8.00. The van der Waals surface area contributed by atoms with Crippen molar-refractivity contribution >= 4 is 5.97 Å². The fraction of sp³-hybridized carbons (Fsp3) is 0.533. The molecule has 1 atom stereocenters. The van der Waals surface area contributed by atoms with E-state index in [0.29, 0.717) is 0 Å². The van der Waals surface area contributed by atoms with E-state index in [9.17, 15) is 4.79 Å². The van der Waals surface area contributed by atoms with E-state index in [1.807, 2.05) is 29.2 Å². The van der Waals surface area contributed by atoms with Crippen molar-refractivity contribution in [3.63, 3.8) is 0 Å². The molecule has 1 unspecified atom stereocenters. The maximum atomic E-state index is 11.0. The molecule has 0 saturated carbocycles. The van der Waals surface area contributed by atoms with Gasteiger partial charge in [-0.15, -0.1) is 0 Å². The van der Waals surface area contributed by atoms with Crippen molar-refractivity contribution in [1.82, 2.24) is 4.90 Å². The first-order valence-corrected chi connectivity index (χ1v) is 6.72. The van der Waals surface area contributed by atoms with E-state index >= 15 is 0 Å². The summed E-state index contributed by atoms with van der Waals surface area (Å²) in [5.74, 6) is 0.0410. The summed E-state index contributed by atoms with van der Waals surface area (Å²) in [5, 5.41) is 9.02. The predicted molar refractivity (Wildman–Crippen MR) is 75.5 cm³/mol. The molecule has 1 aromatic rings. The van der Waals surface area contributed by atoms with Crippen molar-refractivity contribution in [3.05, 3.63) is 29.8 Å². The number of aliphatic carboxylic acids is 1. The molecule has 0 aliphatic heterocycles. The number of hydrogen-bond acceptors (Lipinski definition) is 3. The number of hydrogen-bond donors (Lipinski definition) is 1. The molecule has 19 heavy (non-hydrogen) atoms. The van der Waals surface area contributed by atoms with Crippen LogP contribution in [-0.4, -0.2) is 36.2 Å². The van der Waals surface area contributed by atoms with Gasteiger partial charge in [-0.2, -0.15) is 0 Å². The van der Waals surface area contributed by atoms with E-state index in [-0.39, 0.29) is 12.6 Å². The lowest BCUT2D eigenvalue weighted by atomic mass is 10.0. The Morgan fingerprint density at radius 2 is 1.95 bits per heavy atom. The van der Waals surface area contributed by atoms with Crippen molar-refractivity contribution in [2.24, 2.45) is 0 Å². The van der Waals surface area contributed by atoms with Gasteiger partial charge in [0.25, 0.3) is 0 Å². The fourth-order valence-corrected chi connectivity index (χ4v) is 2.34. The van der Waals surface area contributed by atoms with Crippen LogP contribution in [-0.2, 0) is 4.79 Å². The van der Waals surface area contributed by atoms with Crippen LogP contribution in [0.25, 0.3) is 0 Å². The van der Waals surface area contributed by atoms with Crippen molar-refractivity contribution < 1.29 is 14.6 Å². The lowest BCUT2D eigenvalue weighted by Gasteiger charge is -2.29. The zero-order chi connectivity index (χ0) is 14.3. The monoisotopic (exact) mass is 265 g/mol. The third-order valence-corrected chi connectivity index (χ3v) is 3.18. The summed E-state index contributed by atoms with van der Waals surface area (Å²) in [6.45, 7) is 5.02. The van der Waals surface area contributed by atoms with E-state index in [4.69, 9.17) is 9.84 Å². The summed E-state index contributed by atoms with van der Waals surface area (Å²) < 4.78 is 5.15. The fourth-order valence-electron chi connectivity index (χ4n) is 2.34. The van der Waals surface area contributed by atoms with Crippen LogP contribution in [0, 0.1) is 0 Å². The lowest BCUT2D eigenvalue weighted by molar-refractivity contribution is -0.139. The maximum Gasteiger partial charge on any atom is 0.317 e. The minimum absolute atomic E-state index is 0.0817. The van der Waals surface area contributed by atoms with Crippen molar-refractivity contribution in [2.45, 2.75) is 32.7 Å². The highest BCUT2D eigenvalue weighted by molar-refractivity contribution is 5.69. The first-order valence-electron chi connectivity index (χ1n) is 6.72. The minimum Gasteiger partial charge on any atom is -0.497 e. The molecule has 0 heterocycles. The summed E-state index contributed by atoms with van der Waals surface area (Å²) in [7, 11) is 1.64. The van der Waals surface area contributed by atoms with E-state index in [1.165, 1.54) is 0 Å². The SMILES string of the molecule is CCCN(CC(=O)O)C(CC)c1ccc(OC)cc1. The van der Waals surface area contributed by atoms with Crippen LogP contribution >= 0.6 is 0 Å². The smallest absolute Gasteiger partial charge is 0.317 e. The molecular formula is C15H23NO3. The Morgan fingerprint density at radius 3 is 2.37 bits per heavy atom. The average molecular weight is 265 g/mol. The number of carboxylic acids is 1. The molecule has 0 radical (unpaired) electrons. The molecule has 106 valence electrons. The van der Waals surface area contributed by atoms with Gasteiger partial charge in [-0.05, 0) is 37.1 Å². The van der Waals surface area contributed by atoms with Gasteiger partial charge in [-0.3, -0.25) is 9.69 Å². The standard InChI is InChI=1S/C15H23NO3/c1-4-10-16(11-15(17)18)14(5-2)12-6-8-13(19-3)9-7-12/h6-9,14H,4-5,10-11H2,1-3H3,(H,17,18). The second-order valence-corrected chi connectivity index (χ2v) is 4.56. The normalized spacial score (nSPS) is 12.4. The molecular weight excluding hydrogens is 242 g/mol. The molecule has 0 saturated heterocycles. The van der Waals surface area contributed by atoms with Gasteiger partial charge >= 0.3 is 5.97 Å². The molecule has 0 bridgehead atoms. The molecule has 0 spiro atoms. The van der Waals surface area contributed by atoms with Gasteiger partial charge < -0.3 is 9.84 Å². The number of benzene rings is 1. The Morgan fingerprint density at radius 1 is 1.32 bits per heavy atom. The van der Waals surface area contributed by atoms with E-state index in [1.54, 1.807) is 7.11 Å².